The minimum Gasteiger partial charge on any atom is -0.484 e. The number of halogens is 1. The fraction of sp³-hybridized carbons (Fsp3) is 0.588. The van der Waals surface area contributed by atoms with E-state index in [1.807, 2.05) is 30.9 Å². The maximum absolute atomic E-state index is 12.4. The highest BCUT2D eigenvalue weighted by Crippen LogP contribution is 2.26. The molecule has 1 aromatic carbocycles. The van der Waals surface area contributed by atoms with Crippen molar-refractivity contribution in [3.05, 3.63) is 28.3 Å². The van der Waals surface area contributed by atoms with E-state index in [1.165, 1.54) is 12.8 Å². The Balaban J connectivity index is 1.58. The van der Waals surface area contributed by atoms with Crippen molar-refractivity contribution in [1.29, 1.82) is 0 Å². The highest BCUT2D eigenvalue weighted by atomic mass is 35.5. The Labute approximate surface area is 136 Å². The first-order chi connectivity index (χ1) is 10.5. The zero-order chi connectivity index (χ0) is 15.7. The lowest BCUT2D eigenvalue weighted by molar-refractivity contribution is -0.133. The van der Waals surface area contributed by atoms with Crippen LogP contribution in [-0.4, -0.2) is 42.6 Å². The molecule has 0 aromatic heterocycles. The van der Waals surface area contributed by atoms with Crippen molar-refractivity contribution in [2.75, 3.05) is 19.7 Å². The number of aryl methyl sites for hydroxylation is 2. The van der Waals surface area contributed by atoms with Crippen LogP contribution in [0.4, 0.5) is 0 Å². The predicted molar refractivity (Wildman–Crippen MR) is 87.6 cm³/mol. The third-order valence-electron chi connectivity index (χ3n) is 4.65. The summed E-state index contributed by atoms with van der Waals surface area (Å²) in [5.74, 6) is 0.779. The lowest BCUT2D eigenvalue weighted by atomic mass is 10.1. The van der Waals surface area contributed by atoms with Gasteiger partial charge in [-0.25, -0.2) is 0 Å². The summed E-state index contributed by atoms with van der Waals surface area (Å²) in [6, 6.07) is 4.81. The summed E-state index contributed by atoms with van der Waals surface area (Å²) in [6.45, 7) is 5.62. The van der Waals surface area contributed by atoms with Crippen molar-refractivity contribution in [3.8, 4) is 5.75 Å². The number of hydrogen-bond acceptors (Lipinski definition) is 3. The molecule has 3 rings (SSSR count). The van der Waals surface area contributed by atoms with Crippen molar-refractivity contribution in [3.63, 3.8) is 0 Å². The summed E-state index contributed by atoms with van der Waals surface area (Å²) in [5, 5.41) is 4.34. The van der Waals surface area contributed by atoms with Gasteiger partial charge in [0.1, 0.15) is 5.75 Å². The second-order valence-electron chi connectivity index (χ2n) is 6.43. The van der Waals surface area contributed by atoms with Gasteiger partial charge < -0.3 is 15.0 Å². The van der Waals surface area contributed by atoms with Gasteiger partial charge in [-0.15, -0.1) is 0 Å². The number of ether oxygens (including phenoxy) is 1. The minimum atomic E-state index is 0.0691. The predicted octanol–water partition coefficient (Wildman–Crippen LogP) is 2.69. The van der Waals surface area contributed by atoms with E-state index in [2.05, 4.69) is 5.32 Å². The molecule has 2 atom stereocenters. The van der Waals surface area contributed by atoms with E-state index in [0.29, 0.717) is 17.8 Å². The third kappa shape index (κ3) is 3.39. The fourth-order valence-electron chi connectivity index (χ4n) is 3.40. The second-order valence-corrected chi connectivity index (χ2v) is 6.80. The van der Waals surface area contributed by atoms with E-state index >= 15 is 0 Å². The smallest absolute Gasteiger partial charge is 0.260 e. The molecule has 0 radical (unpaired) electrons. The first kappa shape index (κ1) is 15.6. The zero-order valence-corrected chi connectivity index (χ0v) is 13.9. The molecule has 2 bridgehead atoms. The number of hydrogen-bond donors (Lipinski definition) is 1. The Morgan fingerprint density at radius 2 is 1.95 bits per heavy atom. The number of fused-ring (bicyclic) bond motifs is 2. The van der Waals surface area contributed by atoms with Crippen LogP contribution in [0.15, 0.2) is 12.1 Å². The van der Waals surface area contributed by atoms with Gasteiger partial charge in [0, 0.05) is 30.2 Å². The molecule has 0 aliphatic carbocycles. The van der Waals surface area contributed by atoms with Crippen LogP contribution in [0.5, 0.6) is 5.75 Å². The van der Waals surface area contributed by atoms with Crippen LogP contribution in [0.3, 0.4) is 0 Å². The van der Waals surface area contributed by atoms with Gasteiger partial charge in [0.05, 0.1) is 0 Å². The average molecular weight is 323 g/mol. The van der Waals surface area contributed by atoms with E-state index < -0.39 is 0 Å². The van der Waals surface area contributed by atoms with Crippen molar-refractivity contribution in [1.82, 2.24) is 10.2 Å². The van der Waals surface area contributed by atoms with Crippen molar-refractivity contribution >= 4 is 17.5 Å². The van der Waals surface area contributed by atoms with Gasteiger partial charge in [0.25, 0.3) is 5.91 Å². The van der Waals surface area contributed by atoms with Crippen LogP contribution < -0.4 is 10.1 Å². The van der Waals surface area contributed by atoms with Crippen LogP contribution >= 0.6 is 11.6 Å². The number of likely N-dealkylation sites (tertiary alicyclic amines) is 1. The van der Waals surface area contributed by atoms with Crippen LogP contribution in [-0.2, 0) is 4.79 Å². The topological polar surface area (TPSA) is 41.6 Å². The highest BCUT2D eigenvalue weighted by molar-refractivity contribution is 6.32. The average Bonchev–Trinajstić information content (AvgIpc) is 2.81. The number of nitrogens with zero attached hydrogens (tertiary/aromatic N) is 1. The summed E-state index contributed by atoms with van der Waals surface area (Å²) in [4.78, 5) is 14.3. The van der Waals surface area contributed by atoms with E-state index in [1.54, 1.807) is 0 Å². The molecule has 2 unspecified atom stereocenters. The minimum absolute atomic E-state index is 0.0691. The van der Waals surface area contributed by atoms with Crippen molar-refractivity contribution in [2.24, 2.45) is 0 Å². The molecule has 5 heteroatoms. The summed E-state index contributed by atoms with van der Waals surface area (Å²) >= 11 is 6.15. The van der Waals surface area contributed by atoms with Crippen molar-refractivity contribution in [2.45, 2.75) is 45.2 Å². The Bertz CT molecular complexity index is 553. The highest BCUT2D eigenvalue weighted by Gasteiger charge is 2.31. The van der Waals surface area contributed by atoms with Crippen LogP contribution in [0.2, 0.25) is 5.02 Å². The molecule has 2 heterocycles. The molecule has 1 aromatic rings. The van der Waals surface area contributed by atoms with Gasteiger partial charge in [-0.1, -0.05) is 11.6 Å². The molecule has 2 fully saturated rings. The summed E-state index contributed by atoms with van der Waals surface area (Å²) in [7, 11) is 0. The van der Waals surface area contributed by atoms with Gasteiger partial charge in [0.15, 0.2) is 6.61 Å². The number of rotatable bonds is 3. The Morgan fingerprint density at radius 3 is 2.68 bits per heavy atom. The van der Waals surface area contributed by atoms with Crippen LogP contribution in [0, 0.1) is 13.8 Å². The van der Waals surface area contributed by atoms with Crippen LogP contribution in [0.25, 0.3) is 0 Å². The number of carbonyl (C=O) groups excluding carboxylic acids is 1. The van der Waals surface area contributed by atoms with E-state index in [9.17, 15) is 4.79 Å². The summed E-state index contributed by atoms with van der Waals surface area (Å²) in [5.41, 5.74) is 1.95. The van der Waals surface area contributed by atoms with Gasteiger partial charge in [-0.05, 0) is 56.4 Å². The first-order valence-electron chi connectivity index (χ1n) is 7.96. The number of amides is 1. The molecule has 2 aliphatic heterocycles. The molecular weight excluding hydrogens is 300 g/mol. The molecule has 4 nitrogen and oxygen atoms in total. The third-order valence-corrected chi connectivity index (χ3v) is 5.24. The normalized spacial score (nSPS) is 24.2. The quantitative estimate of drug-likeness (QED) is 0.930. The Kier molecular flexibility index (Phi) is 4.59. The Hall–Kier alpha value is -1.26. The standard InChI is InChI=1S/C17H23ClN2O2/c1-11-7-15(8-12(2)17(11)18)22-10-16(21)20-6-5-13-3-4-14(9-20)19-13/h7-8,13-14,19H,3-6,9-10H2,1-2H3. The second kappa shape index (κ2) is 6.47. The van der Waals surface area contributed by atoms with E-state index in [4.69, 9.17) is 16.3 Å². The summed E-state index contributed by atoms with van der Waals surface area (Å²) in [6.07, 6.45) is 3.46. The number of benzene rings is 1. The summed E-state index contributed by atoms with van der Waals surface area (Å²) < 4.78 is 5.69. The first-order valence-corrected chi connectivity index (χ1v) is 8.34. The van der Waals surface area contributed by atoms with Crippen molar-refractivity contribution < 1.29 is 9.53 Å². The van der Waals surface area contributed by atoms with E-state index in [-0.39, 0.29) is 12.5 Å². The monoisotopic (exact) mass is 322 g/mol. The molecule has 1 amide bonds. The number of nitrogens with one attached hydrogen (secondary N) is 1. The van der Waals surface area contributed by atoms with Gasteiger partial charge >= 0.3 is 0 Å². The van der Waals surface area contributed by atoms with Gasteiger partial charge in [-0.2, -0.15) is 0 Å². The van der Waals surface area contributed by atoms with E-state index in [0.717, 1.165) is 35.7 Å². The largest absolute Gasteiger partial charge is 0.484 e. The molecule has 0 saturated carbocycles. The van der Waals surface area contributed by atoms with Gasteiger partial charge in [0.2, 0.25) is 0 Å². The fourth-order valence-corrected chi connectivity index (χ4v) is 3.50. The molecule has 2 saturated heterocycles. The van der Waals surface area contributed by atoms with Crippen LogP contribution in [0.1, 0.15) is 30.4 Å². The molecule has 0 spiro atoms. The number of carbonyl (C=O) groups is 1. The lowest BCUT2D eigenvalue weighted by Gasteiger charge is -2.24. The maximum Gasteiger partial charge on any atom is 0.260 e. The molecule has 1 N–H and O–H groups in total. The Morgan fingerprint density at radius 1 is 1.27 bits per heavy atom. The SMILES string of the molecule is Cc1cc(OCC(=O)N2CCC3CCC(C2)N3)cc(C)c1Cl. The van der Waals surface area contributed by atoms with Gasteiger partial charge in [-0.3, -0.25) is 4.79 Å². The maximum atomic E-state index is 12.4. The lowest BCUT2D eigenvalue weighted by Crippen LogP contribution is -2.41. The zero-order valence-electron chi connectivity index (χ0n) is 13.2. The molecule has 120 valence electrons. The molecule has 2 aliphatic rings. The molecule has 22 heavy (non-hydrogen) atoms. The molecular formula is C17H23ClN2O2.